The molecule has 4 N–H and O–H groups in total. The Labute approximate surface area is 57.3 Å². The molecule has 1 rings (SSSR count). The summed E-state index contributed by atoms with van der Waals surface area (Å²) in [7, 11) is 0. The van der Waals surface area contributed by atoms with E-state index in [9.17, 15) is 4.39 Å². The summed E-state index contributed by atoms with van der Waals surface area (Å²) in [5.41, 5.74) is 2.30. The van der Waals surface area contributed by atoms with Gasteiger partial charge in [0.25, 0.3) is 0 Å². The molecule has 0 bridgehead atoms. The van der Waals surface area contributed by atoms with Crippen LogP contribution in [0.5, 0.6) is 5.75 Å². The molecule has 0 spiro atoms. The van der Waals surface area contributed by atoms with Crippen molar-refractivity contribution in [1.29, 1.82) is 0 Å². The van der Waals surface area contributed by atoms with E-state index in [1.54, 1.807) is 0 Å². The molecular weight excluding hydrogens is 135 g/mol. The monoisotopic (exact) mass is 142 g/mol. The van der Waals surface area contributed by atoms with Crippen LogP contribution in [0.1, 0.15) is 0 Å². The van der Waals surface area contributed by atoms with Crippen LogP contribution < -0.4 is 11.3 Å². The third kappa shape index (κ3) is 1.16. The number of nitrogens with two attached hydrogens (primary N) is 1. The molecule has 0 aliphatic rings. The molecular formula is C6H7FN2O. The Kier molecular flexibility index (Phi) is 1.73. The lowest BCUT2D eigenvalue weighted by Crippen LogP contribution is -2.07. The summed E-state index contributed by atoms with van der Waals surface area (Å²) in [4.78, 5) is 0. The van der Waals surface area contributed by atoms with Gasteiger partial charge < -0.3 is 10.5 Å². The maximum atomic E-state index is 12.5. The van der Waals surface area contributed by atoms with Gasteiger partial charge in [0, 0.05) is 6.07 Å². The van der Waals surface area contributed by atoms with Gasteiger partial charge in [-0.2, -0.15) is 0 Å². The van der Waals surface area contributed by atoms with Gasteiger partial charge in [0.1, 0.15) is 5.75 Å². The molecule has 0 radical (unpaired) electrons. The lowest BCUT2D eigenvalue weighted by molar-refractivity contribution is 0.469. The van der Waals surface area contributed by atoms with Crippen molar-refractivity contribution >= 4 is 5.69 Å². The van der Waals surface area contributed by atoms with E-state index in [4.69, 9.17) is 10.9 Å². The summed E-state index contributed by atoms with van der Waals surface area (Å²) in [5, 5.41) is 8.72. The zero-order valence-electron chi connectivity index (χ0n) is 5.13. The number of hydrazine groups is 1. The number of phenolic OH excluding ortho intramolecular Hbond substituents is 1. The van der Waals surface area contributed by atoms with E-state index < -0.39 is 5.82 Å². The fraction of sp³-hybridized carbons (Fsp3) is 0. The summed E-state index contributed by atoms with van der Waals surface area (Å²) < 4.78 is 12.5. The van der Waals surface area contributed by atoms with Gasteiger partial charge >= 0.3 is 0 Å². The van der Waals surface area contributed by atoms with Crippen LogP contribution in [-0.4, -0.2) is 5.11 Å². The average molecular weight is 142 g/mol. The zero-order valence-corrected chi connectivity index (χ0v) is 5.13. The van der Waals surface area contributed by atoms with Gasteiger partial charge in [-0.1, -0.05) is 0 Å². The molecule has 54 valence electrons. The summed E-state index contributed by atoms with van der Waals surface area (Å²) in [6.07, 6.45) is 0. The predicted octanol–water partition coefficient (Wildman–Crippen LogP) is 0.817. The normalized spacial score (nSPS) is 9.40. The lowest BCUT2D eigenvalue weighted by Gasteiger charge is -2.00. The van der Waals surface area contributed by atoms with Crippen LogP contribution in [0, 0.1) is 5.82 Å². The van der Waals surface area contributed by atoms with Gasteiger partial charge in [-0.3, -0.25) is 5.84 Å². The van der Waals surface area contributed by atoms with E-state index in [0.717, 1.165) is 6.07 Å². The fourth-order valence-corrected chi connectivity index (χ4v) is 0.621. The molecule has 10 heavy (non-hydrogen) atoms. The molecule has 0 saturated heterocycles. The van der Waals surface area contributed by atoms with Crippen molar-refractivity contribution in [1.82, 2.24) is 0 Å². The number of rotatable bonds is 1. The van der Waals surface area contributed by atoms with Crippen molar-refractivity contribution < 1.29 is 9.50 Å². The first-order valence-electron chi connectivity index (χ1n) is 2.69. The zero-order chi connectivity index (χ0) is 7.56. The first kappa shape index (κ1) is 6.82. The van der Waals surface area contributed by atoms with E-state index in [2.05, 4.69) is 5.43 Å². The van der Waals surface area contributed by atoms with Crippen molar-refractivity contribution in [2.75, 3.05) is 5.43 Å². The number of hydrogen-bond donors (Lipinski definition) is 3. The minimum atomic E-state index is -0.567. The molecule has 1 aromatic carbocycles. The van der Waals surface area contributed by atoms with E-state index in [-0.39, 0.29) is 11.4 Å². The smallest absolute Gasteiger partial charge is 0.151 e. The maximum Gasteiger partial charge on any atom is 0.151 e. The standard InChI is InChI=1S/C6H7FN2O/c7-5-3-4(10)1-2-6(5)9-8/h1-3,9-10H,8H2. The van der Waals surface area contributed by atoms with Gasteiger partial charge in [0.15, 0.2) is 5.82 Å². The first-order valence-corrected chi connectivity index (χ1v) is 2.69. The Morgan fingerprint density at radius 1 is 1.50 bits per heavy atom. The summed E-state index contributed by atoms with van der Waals surface area (Å²) in [6.45, 7) is 0. The molecule has 0 aromatic heterocycles. The molecule has 0 aliphatic heterocycles. The van der Waals surface area contributed by atoms with Crippen molar-refractivity contribution in [3.05, 3.63) is 24.0 Å². The molecule has 0 heterocycles. The number of hydrogen-bond acceptors (Lipinski definition) is 3. The minimum Gasteiger partial charge on any atom is -0.508 e. The Balaban J connectivity index is 3.07. The van der Waals surface area contributed by atoms with E-state index in [0.29, 0.717) is 0 Å². The second kappa shape index (κ2) is 2.53. The van der Waals surface area contributed by atoms with Gasteiger partial charge in [0.2, 0.25) is 0 Å². The van der Waals surface area contributed by atoms with Gasteiger partial charge in [-0.15, -0.1) is 0 Å². The van der Waals surface area contributed by atoms with Gasteiger partial charge in [-0.05, 0) is 12.1 Å². The van der Waals surface area contributed by atoms with E-state index in [1.807, 2.05) is 0 Å². The number of nitrogen functional groups attached to an aromatic ring is 1. The molecule has 0 atom stereocenters. The summed E-state index contributed by atoms with van der Waals surface area (Å²) in [6, 6.07) is 3.68. The Morgan fingerprint density at radius 2 is 2.20 bits per heavy atom. The van der Waals surface area contributed by atoms with Crippen molar-refractivity contribution in [2.24, 2.45) is 5.84 Å². The quantitative estimate of drug-likeness (QED) is 0.309. The van der Waals surface area contributed by atoms with Crippen LogP contribution in [0.2, 0.25) is 0 Å². The highest BCUT2D eigenvalue weighted by atomic mass is 19.1. The predicted molar refractivity (Wildman–Crippen MR) is 35.9 cm³/mol. The largest absolute Gasteiger partial charge is 0.508 e. The lowest BCUT2D eigenvalue weighted by atomic mass is 10.3. The van der Waals surface area contributed by atoms with Crippen LogP contribution in [0.25, 0.3) is 0 Å². The number of benzene rings is 1. The van der Waals surface area contributed by atoms with Crippen LogP contribution in [-0.2, 0) is 0 Å². The van der Waals surface area contributed by atoms with Crippen LogP contribution in [0.4, 0.5) is 10.1 Å². The average Bonchev–Trinajstić information content (AvgIpc) is 1.88. The van der Waals surface area contributed by atoms with Crippen molar-refractivity contribution in [2.45, 2.75) is 0 Å². The van der Waals surface area contributed by atoms with Crippen molar-refractivity contribution in [3.63, 3.8) is 0 Å². The topological polar surface area (TPSA) is 58.3 Å². The third-order valence-corrected chi connectivity index (χ3v) is 1.11. The number of nitrogens with one attached hydrogen (secondary N) is 1. The minimum absolute atomic E-state index is 0.114. The third-order valence-electron chi connectivity index (χ3n) is 1.11. The second-order valence-electron chi connectivity index (χ2n) is 1.81. The molecule has 0 saturated carbocycles. The molecule has 4 heteroatoms. The first-order chi connectivity index (χ1) is 4.74. The number of halogens is 1. The van der Waals surface area contributed by atoms with Crippen LogP contribution >= 0.6 is 0 Å². The number of anilines is 1. The van der Waals surface area contributed by atoms with E-state index >= 15 is 0 Å². The number of phenols is 1. The molecule has 0 aliphatic carbocycles. The summed E-state index contributed by atoms with van der Waals surface area (Å²) >= 11 is 0. The molecule has 0 fully saturated rings. The van der Waals surface area contributed by atoms with Gasteiger partial charge in [0.05, 0.1) is 5.69 Å². The number of aromatic hydroxyl groups is 1. The highest BCUT2D eigenvalue weighted by Gasteiger charge is 1.98. The highest BCUT2D eigenvalue weighted by Crippen LogP contribution is 2.17. The molecule has 0 unspecified atom stereocenters. The molecule has 1 aromatic rings. The Morgan fingerprint density at radius 3 is 2.70 bits per heavy atom. The van der Waals surface area contributed by atoms with Crippen LogP contribution in [0.15, 0.2) is 18.2 Å². The van der Waals surface area contributed by atoms with E-state index in [1.165, 1.54) is 12.1 Å². The Bertz CT molecular complexity index is 239. The highest BCUT2D eigenvalue weighted by molar-refractivity contribution is 5.46. The molecule has 0 amide bonds. The van der Waals surface area contributed by atoms with Crippen LogP contribution in [0.3, 0.4) is 0 Å². The summed E-state index contributed by atoms with van der Waals surface area (Å²) in [5.74, 6) is 4.25. The van der Waals surface area contributed by atoms with Gasteiger partial charge in [-0.25, -0.2) is 4.39 Å². The SMILES string of the molecule is NNc1ccc(O)cc1F. The van der Waals surface area contributed by atoms with Crippen molar-refractivity contribution in [3.8, 4) is 5.75 Å². The fourth-order valence-electron chi connectivity index (χ4n) is 0.621. The Hall–Kier alpha value is -1.29. The molecule has 3 nitrogen and oxygen atoms in total. The maximum absolute atomic E-state index is 12.5. The second-order valence-corrected chi connectivity index (χ2v) is 1.81.